The number of hydrogen-bond acceptors (Lipinski definition) is 5. The van der Waals surface area contributed by atoms with Gasteiger partial charge >= 0.3 is 0 Å². The lowest BCUT2D eigenvalue weighted by Crippen LogP contribution is -2.25. The maximum absolute atomic E-state index is 5.51. The molecule has 3 N–H and O–H groups in total. The van der Waals surface area contributed by atoms with E-state index in [9.17, 15) is 0 Å². The Balaban J connectivity index is 2.33. The van der Waals surface area contributed by atoms with E-state index in [4.69, 9.17) is 5.73 Å². The average molecular weight is 200 g/mol. The summed E-state index contributed by atoms with van der Waals surface area (Å²) in [6.45, 7) is 5.99. The molecule has 0 saturated heterocycles. The van der Waals surface area contributed by atoms with Crippen molar-refractivity contribution in [2.75, 3.05) is 18.4 Å². The van der Waals surface area contributed by atoms with Crippen molar-refractivity contribution < 1.29 is 0 Å². The average Bonchev–Trinajstić information content (AvgIpc) is 2.52. The Hall–Kier alpha value is -0.680. The van der Waals surface area contributed by atoms with Crippen LogP contribution in [0.15, 0.2) is 6.33 Å². The van der Waals surface area contributed by atoms with Crippen molar-refractivity contribution in [3.63, 3.8) is 0 Å². The van der Waals surface area contributed by atoms with Crippen molar-refractivity contribution >= 4 is 16.7 Å². The molecule has 0 spiro atoms. The minimum Gasteiger partial charge on any atom is -0.360 e. The van der Waals surface area contributed by atoms with Gasteiger partial charge in [0.1, 0.15) is 6.33 Å². The third-order valence-corrected chi connectivity index (χ3v) is 2.52. The van der Waals surface area contributed by atoms with Crippen molar-refractivity contribution in [1.82, 2.24) is 9.36 Å². The summed E-state index contributed by atoms with van der Waals surface area (Å²) < 4.78 is 3.91. The van der Waals surface area contributed by atoms with Gasteiger partial charge in [0.05, 0.1) is 0 Å². The van der Waals surface area contributed by atoms with Crippen molar-refractivity contribution in [3.8, 4) is 0 Å². The van der Waals surface area contributed by atoms with Crippen LogP contribution in [0.5, 0.6) is 0 Å². The van der Waals surface area contributed by atoms with Gasteiger partial charge in [0.25, 0.3) is 0 Å². The minimum atomic E-state index is 0.223. The second-order valence-corrected chi connectivity index (χ2v) is 4.58. The van der Waals surface area contributed by atoms with E-state index in [0.29, 0.717) is 0 Å². The van der Waals surface area contributed by atoms with Crippen LogP contribution in [0.2, 0.25) is 0 Å². The number of nitrogens with two attached hydrogens (primary N) is 1. The van der Waals surface area contributed by atoms with E-state index in [-0.39, 0.29) is 5.41 Å². The van der Waals surface area contributed by atoms with Crippen molar-refractivity contribution in [3.05, 3.63) is 6.33 Å². The molecule has 0 fully saturated rings. The van der Waals surface area contributed by atoms with Gasteiger partial charge in [-0.25, -0.2) is 4.98 Å². The molecule has 1 heterocycles. The predicted octanol–water partition coefficient (Wildman–Crippen LogP) is 1.32. The number of nitrogens with one attached hydrogen (secondary N) is 1. The Morgan fingerprint density at radius 3 is 2.92 bits per heavy atom. The lowest BCUT2D eigenvalue weighted by Gasteiger charge is -2.23. The van der Waals surface area contributed by atoms with Crippen LogP contribution in [0, 0.1) is 5.41 Å². The normalized spacial score (nSPS) is 11.6. The van der Waals surface area contributed by atoms with Crippen LogP contribution in [0.1, 0.15) is 20.3 Å². The van der Waals surface area contributed by atoms with E-state index < -0.39 is 0 Å². The first-order valence-corrected chi connectivity index (χ1v) is 5.12. The molecule has 74 valence electrons. The van der Waals surface area contributed by atoms with Crippen molar-refractivity contribution in [2.24, 2.45) is 11.1 Å². The summed E-state index contributed by atoms with van der Waals surface area (Å²) in [4.78, 5) is 4.04. The number of aromatic nitrogens is 2. The second-order valence-electron chi connectivity index (χ2n) is 3.80. The fourth-order valence-corrected chi connectivity index (χ4v) is 1.47. The van der Waals surface area contributed by atoms with Crippen LogP contribution in [-0.2, 0) is 0 Å². The van der Waals surface area contributed by atoms with Crippen LogP contribution >= 0.6 is 11.5 Å². The van der Waals surface area contributed by atoms with Crippen LogP contribution in [0.25, 0.3) is 0 Å². The largest absolute Gasteiger partial charge is 0.360 e. The van der Waals surface area contributed by atoms with E-state index in [2.05, 4.69) is 28.5 Å². The summed E-state index contributed by atoms with van der Waals surface area (Å²) in [5, 5.41) is 4.12. The molecule has 0 bridgehead atoms. The number of rotatable bonds is 5. The molecule has 0 radical (unpaired) electrons. The van der Waals surface area contributed by atoms with Gasteiger partial charge < -0.3 is 11.1 Å². The minimum absolute atomic E-state index is 0.223. The van der Waals surface area contributed by atoms with Gasteiger partial charge in [-0.2, -0.15) is 4.37 Å². The van der Waals surface area contributed by atoms with Crippen LogP contribution < -0.4 is 11.1 Å². The van der Waals surface area contributed by atoms with Crippen LogP contribution in [0.4, 0.5) is 5.13 Å². The lowest BCUT2D eigenvalue weighted by atomic mass is 9.89. The predicted molar refractivity (Wildman–Crippen MR) is 55.9 cm³/mol. The summed E-state index contributed by atoms with van der Waals surface area (Å²) in [5.74, 6) is 0. The molecule has 0 aliphatic heterocycles. The van der Waals surface area contributed by atoms with Gasteiger partial charge in [-0.1, -0.05) is 13.8 Å². The highest BCUT2D eigenvalue weighted by Gasteiger charge is 2.16. The molecule has 1 aromatic heterocycles. The molecule has 0 unspecified atom stereocenters. The van der Waals surface area contributed by atoms with E-state index in [0.717, 1.165) is 24.6 Å². The number of hydrogen-bond donors (Lipinski definition) is 2. The molecule has 1 aromatic rings. The molecular weight excluding hydrogens is 184 g/mol. The first-order valence-electron chi connectivity index (χ1n) is 4.35. The smallest absolute Gasteiger partial charge is 0.202 e. The van der Waals surface area contributed by atoms with Crippen LogP contribution in [0.3, 0.4) is 0 Å². The van der Waals surface area contributed by atoms with Gasteiger partial charge in [-0.3, -0.25) is 0 Å². The Labute approximate surface area is 82.7 Å². The zero-order valence-corrected chi connectivity index (χ0v) is 8.90. The molecular formula is C8H16N4S. The van der Waals surface area contributed by atoms with Gasteiger partial charge in [-0.05, 0) is 18.4 Å². The molecule has 0 amide bonds. The zero-order chi connectivity index (χ0) is 9.73. The number of anilines is 1. The van der Waals surface area contributed by atoms with Gasteiger partial charge in [0.15, 0.2) is 0 Å². The Kier molecular flexibility index (Phi) is 3.62. The topological polar surface area (TPSA) is 63.8 Å². The maximum Gasteiger partial charge on any atom is 0.202 e. The molecule has 13 heavy (non-hydrogen) atoms. The highest BCUT2D eigenvalue weighted by atomic mass is 32.1. The summed E-state index contributed by atoms with van der Waals surface area (Å²) in [5.41, 5.74) is 5.73. The molecule has 0 saturated carbocycles. The Bertz CT molecular complexity index is 232. The van der Waals surface area contributed by atoms with Gasteiger partial charge in [0, 0.05) is 18.1 Å². The summed E-state index contributed by atoms with van der Waals surface area (Å²) in [7, 11) is 0. The highest BCUT2D eigenvalue weighted by molar-refractivity contribution is 7.09. The van der Waals surface area contributed by atoms with E-state index in [1.54, 1.807) is 6.33 Å². The molecule has 0 atom stereocenters. The standard InChI is InChI=1S/C8H16N4S/c1-8(2,3-4-9)5-10-7-11-6-12-13-7/h6H,3-5,9H2,1-2H3,(H,10,11,12). The molecule has 4 nitrogen and oxygen atoms in total. The molecule has 5 heteroatoms. The number of nitrogens with zero attached hydrogens (tertiary/aromatic N) is 2. The first kappa shape index (κ1) is 10.4. The van der Waals surface area contributed by atoms with Crippen molar-refractivity contribution in [2.45, 2.75) is 20.3 Å². The third-order valence-electron chi connectivity index (χ3n) is 1.90. The SMILES string of the molecule is CC(C)(CCN)CNc1ncns1. The lowest BCUT2D eigenvalue weighted by molar-refractivity contribution is 0.365. The molecule has 0 aliphatic carbocycles. The quantitative estimate of drug-likeness (QED) is 0.752. The Morgan fingerprint density at radius 1 is 1.62 bits per heavy atom. The molecule has 0 aromatic carbocycles. The monoisotopic (exact) mass is 200 g/mol. The van der Waals surface area contributed by atoms with Crippen LogP contribution in [-0.4, -0.2) is 22.4 Å². The van der Waals surface area contributed by atoms with E-state index in [1.165, 1.54) is 11.5 Å². The maximum atomic E-state index is 5.51. The Morgan fingerprint density at radius 2 is 2.38 bits per heavy atom. The molecule has 0 aliphatic rings. The highest BCUT2D eigenvalue weighted by Crippen LogP contribution is 2.20. The second kappa shape index (κ2) is 4.53. The van der Waals surface area contributed by atoms with E-state index >= 15 is 0 Å². The summed E-state index contributed by atoms with van der Waals surface area (Å²) in [6.07, 6.45) is 2.57. The fourth-order valence-electron chi connectivity index (χ4n) is 1.05. The molecule has 1 rings (SSSR count). The summed E-state index contributed by atoms with van der Waals surface area (Å²) in [6, 6.07) is 0. The fraction of sp³-hybridized carbons (Fsp3) is 0.750. The summed E-state index contributed by atoms with van der Waals surface area (Å²) >= 11 is 1.38. The van der Waals surface area contributed by atoms with Gasteiger partial charge in [0.2, 0.25) is 5.13 Å². The van der Waals surface area contributed by atoms with E-state index in [1.807, 2.05) is 0 Å². The first-order chi connectivity index (χ1) is 6.14. The zero-order valence-electron chi connectivity index (χ0n) is 8.08. The van der Waals surface area contributed by atoms with Gasteiger partial charge in [-0.15, -0.1) is 0 Å². The third kappa shape index (κ3) is 3.69. The van der Waals surface area contributed by atoms with Crippen molar-refractivity contribution in [1.29, 1.82) is 0 Å².